The highest BCUT2D eigenvalue weighted by Gasteiger charge is 2.29. The van der Waals surface area contributed by atoms with Gasteiger partial charge in [0.05, 0.1) is 5.69 Å². The number of hydrogen-bond acceptors (Lipinski definition) is 7. The van der Waals surface area contributed by atoms with E-state index in [1.54, 1.807) is 10.6 Å². The Bertz CT molecular complexity index is 1540. The van der Waals surface area contributed by atoms with Crippen molar-refractivity contribution >= 4 is 16.9 Å². The Labute approximate surface area is 298 Å². The maximum Gasteiger partial charge on any atom is 0.306 e. The molecule has 0 saturated carbocycles. The van der Waals surface area contributed by atoms with Gasteiger partial charge in [-0.25, -0.2) is 9.37 Å². The summed E-state index contributed by atoms with van der Waals surface area (Å²) in [6.45, 7) is 7.38. The van der Waals surface area contributed by atoms with Crippen molar-refractivity contribution in [3.63, 3.8) is 0 Å². The molecular weight excluding hydrogens is 631 g/mol. The molecule has 1 atom stereocenters. The Morgan fingerprint density at radius 1 is 0.900 bits per heavy atom. The van der Waals surface area contributed by atoms with E-state index >= 15 is 0 Å². The molecule has 2 aliphatic heterocycles. The van der Waals surface area contributed by atoms with Gasteiger partial charge in [-0.2, -0.15) is 0 Å². The van der Waals surface area contributed by atoms with E-state index in [1.165, 1.54) is 95.6 Å². The van der Waals surface area contributed by atoms with Gasteiger partial charge in [-0.15, -0.1) is 0 Å². The number of likely N-dealkylation sites (tertiary alicyclic amines) is 1. The average molecular weight is 693 g/mol. The van der Waals surface area contributed by atoms with Crippen molar-refractivity contribution in [3.05, 3.63) is 57.1 Å². The lowest BCUT2D eigenvalue weighted by Crippen LogP contribution is -2.38. The molecule has 5 rings (SSSR count). The van der Waals surface area contributed by atoms with Crippen molar-refractivity contribution in [1.29, 1.82) is 0 Å². The zero-order chi connectivity index (χ0) is 35.1. The predicted octanol–water partition coefficient (Wildman–Crippen LogP) is 9.89. The fourth-order valence-corrected chi connectivity index (χ4v) is 7.93. The van der Waals surface area contributed by atoms with E-state index in [0.29, 0.717) is 37.2 Å². The van der Waals surface area contributed by atoms with Crippen LogP contribution in [0.25, 0.3) is 11.0 Å². The summed E-state index contributed by atoms with van der Waals surface area (Å²) in [6, 6.07) is 4.61. The van der Waals surface area contributed by atoms with Crippen molar-refractivity contribution in [2.24, 2.45) is 0 Å². The van der Waals surface area contributed by atoms with E-state index in [-0.39, 0.29) is 23.3 Å². The number of ether oxygens (including phenoxy) is 1. The number of piperidine rings is 1. The molecule has 0 radical (unpaired) electrons. The lowest BCUT2D eigenvalue weighted by atomic mass is 9.91. The molecule has 1 fully saturated rings. The molecule has 276 valence electrons. The van der Waals surface area contributed by atoms with Crippen LogP contribution in [-0.2, 0) is 22.5 Å². The number of aromatic nitrogens is 3. The third kappa shape index (κ3) is 11.0. The maximum atomic E-state index is 13.6. The largest absolute Gasteiger partial charge is 0.454 e. The third-order valence-corrected chi connectivity index (χ3v) is 11.0. The Morgan fingerprint density at radius 2 is 1.54 bits per heavy atom. The molecule has 1 aromatic carbocycles. The predicted molar refractivity (Wildman–Crippen MR) is 197 cm³/mol. The number of esters is 1. The molecule has 9 heteroatoms. The van der Waals surface area contributed by atoms with Gasteiger partial charge in [-0.1, -0.05) is 102 Å². The summed E-state index contributed by atoms with van der Waals surface area (Å²) in [7, 11) is 0. The van der Waals surface area contributed by atoms with Gasteiger partial charge in [0.15, 0.2) is 17.5 Å². The number of nitrogens with zero attached hydrogens (tertiary/aromatic N) is 4. The Balaban J connectivity index is 0.982. The highest BCUT2D eigenvalue weighted by Crippen LogP contribution is 2.33. The fraction of sp³-hybridized carbons (Fsp3) is 0.707. The molecule has 0 amide bonds. The van der Waals surface area contributed by atoms with Crippen molar-refractivity contribution in [1.82, 2.24) is 19.6 Å². The SMILES string of the molecule is CCCCCCCCCCCCCCCCCC(=O)OC1CCCn2c1nc(C)c(CCN1CCC(c3noc4cc(F)ccc34)CC1)c2=O. The number of benzene rings is 1. The maximum absolute atomic E-state index is 13.6. The van der Waals surface area contributed by atoms with E-state index in [0.717, 1.165) is 74.1 Å². The van der Waals surface area contributed by atoms with Gasteiger partial charge in [-0.05, 0) is 70.7 Å². The number of fused-ring (bicyclic) bond motifs is 2. The van der Waals surface area contributed by atoms with Gasteiger partial charge in [0, 0.05) is 48.1 Å². The summed E-state index contributed by atoms with van der Waals surface area (Å²) in [5, 5.41) is 5.16. The molecule has 0 spiro atoms. The summed E-state index contributed by atoms with van der Waals surface area (Å²) < 4.78 is 26.6. The number of carbonyl (C=O) groups is 1. The fourth-order valence-electron chi connectivity index (χ4n) is 7.93. The molecule has 50 heavy (non-hydrogen) atoms. The number of halogens is 1. The van der Waals surface area contributed by atoms with Gasteiger partial charge in [0.2, 0.25) is 0 Å². The van der Waals surface area contributed by atoms with Crippen LogP contribution in [0.3, 0.4) is 0 Å². The van der Waals surface area contributed by atoms with Crippen LogP contribution in [0.2, 0.25) is 0 Å². The van der Waals surface area contributed by atoms with Crippen LogP contribution in [0.1, 0.15) is 170 Å². The van der Waals surface area contributed by atoms with Gasteiger partial charge in [-0.3, -0.25) is 14.2 Å². The van der Waals surface area contributed by atoms with E-state index in [4.69, 9.17) is 14.2 Å². The first kappa shape index (κ1) is 38.2. The van der Waals surface area contributed by atoms with Crippen LogP contribution in [0.5, 0.6) is 0 Å². The van der Waals surface area contributed by atoms with Gasteiger partial charge < -0.3 is 14.2 Å². The van der Waals surface area contributed by atoms with Crippen LogP contribution in [-0.4, -0.2) is 45.2 Å². The molecule has 0 bridgehead atoms. The summed E-state index contributed by atoms with van der Waals surface area (Å²) in [4.78, 5) is 33.7. The zero-order valence-electron chi connectivity index (χ0n) is 30.9. The van der Waals surface area contributed by atoms with Crippen LogP contribution in [0, 0.1) is 12.7 Å². The lowest BCUT2D eigenvalue weighted by molar-refractivity contribution is -0.151. The monoisotopic (exact) mass is 692 g/mol. The van der Waals surface area contributed by atoms with Gasteiger partial charge in [0.1, 0.15) is 5.82 Å². The normalized spacial score (nSPS) is 17.0. The summed E-state index contributed by atoms with van der Waals surface area (Å²) >= 11 is 0. The topological polar surface area (TPSA) is 90.5 Å². The Hall–Kier alpha value is -3.07. The van der Waals surface area contributed by atoms with Crippen molar-refractivity contribution in [3.8, 4) is 0 Å². The van der Waals surface area contributed by atoms with E-state index in [2.05, 4.69) is 17.0 Å². The highest BCUT2D eigenvalue weighted by atomic mass is 19.1. The second-order valence-corrected chi connectivity index (χ2v) is 14.9. The second-order valence-electron chi connectivity index (χ2n) is 14.9. The molecule has 0 aliphatic carbocycles. The summed E-state index contributed by atoms with van der Waals surface area (Å²) in [5.74, 6) is 0.380. The Morgan fingerprint density at radius 3 is 2.20 bits per heavy atom. The number of carbonyl (C=O) groups excluding carboxylic acids is 1. The van der Waals surface area contributed by atoms with Crippen molar-refractivity contribution in [2.45, 2.75) is 167 Å². The summed E-state index contributed by atoms with van der Waals surface area (Å²) in [5.41, 5.74) is 2.91. The molecule has 8 nitrogen and oxygen atoms in total. The summed E-state index contributed by atoms with van der Waals surface area (Å²) in [6.07, 6.45) is 23.4. The minimum absolute atomic E-state index is 0.00634. The first-order valence-electron chi connectivity index (χ1n) is 20.0. The number of unbranched alkanes of at least 4 members (excludes halogenated alkanes) is 14. The Kier molecular flexibility index (Phi) is 15.3. The molecule has 2 aliphatic rings. The molecule has 2 aromatic heterocycles. The van der Waals surface area contributed by atoms with E-state index in [9.17, 15) is 14.0 Å². The number of aryl methyl sites for hydroxylation is 1. The average Bonchev–Trinajstić information content (AvgIpc) is 3.53. The van der Waals surface area contributed by atoms with Gasteiger partial charge >= 0.3 is 5.97 Å². The van der Waals surface area contributed by atoms with Crippen LogP contribution >= 0.6 is 0 Å². The molecule has 1 unspecified atom stereocenters. The number of rotatable bonds is 21. The molecular formula is C41H61FN4O4. The third-order valence-electron chi connectivity index (χ3n) is 11.0. The lowest BCUT2D eigenvalue weighted by Gasteiger charge is -2.31. The minimum atomic E-state index is -0.448. The minimum Gasteiger partial charge on any atom is -0.454 e. The zero-order valence-corrected chi connectivity index (χ0v) is 30.9. The van der Waals surface area contributed by atoms with E-state index < -0.39 is 6.10 Å². The quantitative estimate of drug-likeness (QED) is 0.0811. The standard InChI is InChI=1S/C41H61FN4O4/c1-3-4-5-6-7-8-9-10-11-12-13-14-15-16-17-20-38(47)49-36-19-18-26-46-40(36)43-31(2)34(41(46)48)25-29-45-27-23-32(24-28-45)39-35-22-21-33(42)30-37(35)50-44-39/h21-22,30,32,36H,3-20,23-29H2,1-2H3. The number of hydrogen-bond donors (Lipinski definition) is 0. The highest BCUT2D eigenvalue weighted by molar-refractivity contribution is 5.79. The van der Waals surface area contributed by atoms with Crippen LogP contribution < -0.4 is 5.56 Å². The first-order valence-corrected chi connectivity index (χ1v) is 20.0. The van der Waals surface area contributed by atoms with Crippen LogP contribution in [0.4, 0.5) is 4.39 Å². The van der Waals surface area contributed by atoms with Crippen molar-refractivity contribution < 1.29 is 18.4 Å². The molecule has 1 saturated heterocycles. The van der Waals surface area contributed by atoms with Gasteiger partial charge in [0.25, 0.3) is 5.56 Å². The first-order chi connectivity index (χ1) is 24.4. The molecule has 4 heterocycles. The molecule has 0 N–H and O–H groups in total. The van der Waals surface area contributed by atoms with E-state index in [1.807, 2.05) is 6.92 Å². The van der Waals surface area contributed by atoms with Crippen LogP contribution in [0.15, 0.2) is 27.5 Å². The van der Waals surface area contributed by atoms with Crippen molar-refractivity contribution in [2.75, 3.05) is 19.6 Å². The second kappa shape index (κ2) is 20.1. The smallest absolute Gasteiger partial charge is 0.306 e. The molecule has 3 aromatic rings.